The fraction of sp³-hybridized carbons (Fsp3) is 0.364. The Hall–Kier alpha value is -1.75. The highest BCUT2D eigenvalue weighted by Gasteiger charge is 2.08. The fourth-order valence-electron chi connectivity index (χ4n) is 1.65. The molecule has 1 aromatic carbocycles. The molecule has 86 valence electrons. The van der Waals surface area contributed by atoms with Crippen LogP contribution < -0.4 is 15.7 Å². The molecule has 0 aliphatic carbocycles. The Bertz CT molecular complexity index is 542. The van der Waals surface area contributed by atoms with E-state index in [1.54, 1.807) is 11.6 Å². The Morgan fingerprint density at radius 2 is 2.31 bits per heavy atom. The molecule has 0 unspecified atom stereocenters. The fourth-order valence-corrected chi connectivity index (χ4v) is 1.65. The first-order valence-electron chi connectivity index (χ1n) is 5.19. The summed E-state index contributed by atoms with van der Waals surface area (Å²) in [7, 11) is 3.60. The number of imidazole rings is 1. The van der Waals surface area contributed by atoms with Gasteiger partial charge in [0.15, 0.2) is 0 Å². The van der Waals surface area contributed by atoms with E-state index in [2.05, 4.69) is 10.3 Å². The maximum absolute atomic E-state index is 11.5. The van der Waals surface area contributed by atoms with Crippen LogP contribution in [0.15, 0.2) is 23.0 Å². The topological polar surface area (TPSA) is 59.0 Å². The molecule has 0 radical (unpaired) electrons. The van der Waals surface area contributed by atoms with E-state index in [4.69, 9.17) is 4.74 Å². The largest absolute Gasteiger partial charge is 0.490 e. The van der Waals surface area contributed by atoms with Gasteiger partial charge in [-0.2, -0.15) is 0 Å². The molecule has 0 bridgehead atoms. The van der Waals surface area contributed by atoms with Crippen molar-refractivity contribution in [1.82, 2.24) is 14.9 Å². The van der Waals surface area contributed by atoms with Crippen LogP contribution in [-0.4, -0.2) is 29.8 Å². The number of aromatic nitrogens is 2. The van der Waals surface area contributed by atoms with Crippen molar-refractivity contribution in [1.29, 1.82) is 0 Å². The molecule has 2 rings (SSSR count). The summed E-state index contributed by atoms with van der Waals surface area (Å²) < 4.78 is 7.17. The number of hydrogen-bond donors (Lipinski definition) is 2. The first kappa shape index (κ1) is 10.8. The quantitative estimate of drug-likeness (QED) is 0.738. The van der Waals surface area contributed by atoms with Crippen LogP contribution in [-0.2, 0) is 7.05 Å². The lowest BCUT2D eigenvalue weighted by Gasteiger charge is -2.07. The van der Waals surface area contributed by atoms with E-state index < -0.39 is 0 Å². The molecule has 0 saturated heterocycles. The Labute approximate surface area is 93.0 Å². The SMILES string of the molecule is CNCCOc1cccc2[nH]c(=O)n(C)c12. The van der Waals surface area contributed by atoms with Crippen molar-refractivity contribution in [3.05, 3.63) is 28.7 Å². The summed E-state index contributed by atoms with van der Waals surface area (Å²) in [5, 5.41) is 3.00. The van der Waals surface area contributed by atoms with Crippen molar-refractivity contribution in [2.75, 3.05) is 20.2 Å². The van der Waals surface area contributed by atoms with Crippen LogP contribution in [0.2, 0.25) is 0 Å². The first-order chi connectivity index (χ1) is 7.74. The molecule has 16 heavy (non-hydrogen) atoms. The van der Waals surface area contributed by atoms with Gasteiger partial charge in [-0.25, -0.2) is 4.79 Å². The summed E-state index contributed by atoms with van der Waals surface area (Å²) in [5.74, 6) is 0.730. The number of nitrogens with one attached hydrogen (secondary N) is 2. The normalized spacial score (nSPS) is 10.9. The van der Waals surface area contributed by atoms with Crippen LogP contribution in [0, 0.1) is 0 Å². The van der Waals surface area contributed by atoms with Crippen LogP contribution >= 0.6 is 0 Å². The van der Waals surface area contributed by atoms with Crippen molar-refractivity contribution in [2.24, 2.45) is 7.05 Å². The standard InChI is InChI=1S/C11H15N3O2/c1-12-6-7-16-9-5-3-4-8-10(9)14(2)11(15)13-8/h3-5,12H,6-7H2,1-2H3,(H,13,15). The number of aromatic amines is 1. The van der Waals surface area contributed by atoms with Crippen molar-refractivity contribution >= 4 is 11.0 Å². The van der Waals surface area contributed by atoms with E-state index in [0.717, 1.165) is 23.3 Å². The first-order valence-corrected chi connectivity index (χ1v) is 5.19. The number of para-hydroxylation sites is 1. The number of hydrogen-bond acceptors (Lipinski definition) is 3. The maximum Gasteiger partial charge on any atom is 0.326 e. The number of nitrogens with zero attached hydrogens (tertiary/aromatic N) is 1. The number of ether oxygens (including phenoxy) is 1. The van der Waals surface area contributed by atoms with E-state index in [0.29, 0.717) is 6.61 Å². The van der Waals surface area contributed by atoms with Gasteiger partial charge in [-0.1, -0.05) is 6.07 Å². The van der Waals surface area contributed by atoms with Gasteiger partial charge in [0, 0.05) is 13.6 Å². The molecule has 5 heteroatoms. The Balaban J connectivity index is 2.40. The highest BCUT2D eigenvalue weighted by molar-refractivity contribution is 5.81. The van der Waals surface area contributed by atoms with Crippen molar-refractivity contribution in [2.45, 2.75) is 0 Å². The minimum atomic E-state index is -0.125. The minimum Gasteiger partial charge on any atom is -0.490 e. The molecule has 2 N–H and O–H groups in total. The van der Waals surface area contributed by atoms with E-state index in [-0.39, 0.29) is 5.69 Å². The lowest BCUT2D eigenvalue weighted by atomic mass is 10.3. The van der Waals surface area contributed by atoms with Crippen molar-refractivity contribution < 1.29 is 4.74 Å². The lowest BCUT2D eigenvalue weighted by molar-refractivity contribution is 0.321. The zero-order valence-corrected chi connectivity index (χ0v) is 9.41. The van der Waals surface area contributed by atoms with Gasteiger partial charge in [-0.3, -0.25) is 4.57 Å². The lowest BCUT2D eigenvalue weighted by Crippen LogP contribution is -2.16. The molecule has 0 spiro atoms. The number of H-pyrrole nitrogens is 1. The second kappa shape index (κ2) is 4.40. The second-order valence-corrected chi connectivity index (χ2v) is 3.59. The van der Waals surface area contributed by atoms with Crippen LogP contribution in [0.25, 0.3) is 11.0 Å². The third-order valence-corrected chi connectivity index (χ3v) is 2.49. The molecule has 1 aromatic heterocycles. The Morgan fingerprint density at radius 1 is 1.50 bits per heavy atom. The summed E-state index contributed by atoms with van der Waals surface area (Å²) >= 11 is 0. The monoisotopic (exact) mass is 221 g/mol. The number of benzene rings is 1. The summed E-state index contributed by atoms with van der Waals surface area (Å²) in [4.78, 5) is 14.2. The number of aryl methyl sites for hydroxylation is 1. The number of fused-ring (bicyclic) bond motifs is 1. The molecule has 0 aliphatic rings. The van der Waals surface area contributed by atoms with Crippen LogP contribution in [0.3, 0.4) is 0 Å². The van der Waals surface area contributed by atoms with Gasteiger partial charge < -0.3 is 15.0 Å². The zero-order chi connectivity index (χ0) is 11.5. The van der Waals surface area contributed by atoms with E-state index in [1.807, 2.05) is 25.2 Å². The highest BCUT2D eigenvalue weighted by atomic mass is 16.5. The third-order valence-electron chi connectivity index (χ3n) is 2.49. The predicted molar refractivity (Wildman–Crippen MR) is 63.0 cm³/mol. The van der Waals surface area contributed by atoms with Gasteiger partial charge in [0.25, 0.3) is 0 Å². The molecule has 0 atom stereocenters. The number of likely N-dealkylation sites (N-methyl/N-ethyl adjacent to an activating group) is 1. The third kappa shape index (κ3) is 1.81. The van der Waals surface area contributed by atoms with Crippen molar-refractivity contribution in [3.63, 3.8) is 0 Å². The Morgan fingerprint density at radius 3 is 3.06 bits per heavy atom. The van der Waals surface area contributed by atoms with E-state index in [1.165, 1.54) is 0 Å². The van der Waals surface area contributed by atoms with Gasteiger partial charge in [-0.05, 0) is 19.2 Å². The van der Waals surface area contributed by atoms with Crippen LogP contribution in [0.4, 0.5) is 0 Å². The van der Waals surface area contributed by atoms with Crippen LogP contribution in [0.5, 0.6) is 5.75 Å². The molecular formula is C11H15N3O2. The van der Waals surface area contributed by atoms with Crippen LogP contribution in [0.1, 0.15) is 0 Å². The second-order valence-electron chi connectivity index (χ2n) is 3.59. The molecule has 0 fully saturated rings. The van der Waals surface area contributed by atoms with E-state index in [9.17, 15) is 4.79 Å². The van der Waals surface area contributed by atoms with Crippen molar-refractivity contribution in [3.8, 4) is 5.75 Å². The van der Waals surface area contributed by atoms with Gasteiger partial charge in [0.2, 0.25) is 0 Å². The molecule has 2 aromatic rings. The molecule has 0 amide bonds. The molecule has 1 heterocycles. The van der Waals surface area contributed by atoms with Gasteiger partial charge in [-0.15, -0.1) is 0 Å². The Kier molecular flexibility index (Phi) is 2.96. The van der Waals surface area contributed by atoms with E-state index >= 15 is 0 Å². The van der Waals surface area contributed by atoms with Gasteiger partial charge >= 0.3 is 5.69 Å². The molecule has 0 aliphatic heterocycles. The summed E-state index contributed by atoms with van der Waals surface area (Å²) in [6.07, 6.45) is 0. The summed E-state index contributed by atoms with van der Waals surface area (Å²) in [5.41, 5.74) is 1.48. The average molecular weight is 221 g/mol. The molecular weight excluding hydrogens is 206 g/mol. The molecule has 5 nitrogen and oxygen atoms in total. The summed E-state index contributed by atoms with van der Waals surface area (Å²) in [6, 6.07) is 5.60. The van der Waals surface area contributed by atoms with Gasteiger partial charge in [0.1, 0.15) is 17.9 Å². The minimum absolute atomic E-state index is 0.125. The predicted octanol–water partition coefficient (Wildman–Crippen LogP) is 0.465. The smallest absolute Gasteiger partial charge is 0.326 e. The molecule has 0 saturated carbocycles. The zero-order valence-electron chi connectivity index (χ0n) is 9.41. The summed E-state index contributed by atoms with van der Waals surface area (Å²) in [6.45, 7) is 1.35. The van der Waals surface area contributed by atoms with Gasteiger partial charge in [0.05, 0.1) is 5.52 Å². The average Bonchev–Trinajstić information content (AvgIpc) is 2.56. The maximum atomic E-state index is 11.5. The highest BCUT2D eigenvalue weighted by Crippen LogP contribution is 2.22. The number of rotatable bonds is 4.